The molecule has 2 saturated carbocycles. The van der Waals surface area contributed by atoms with Crippen molar-refractivity contribution in [1.29, 1.82) is 0 Å². The molecule has 2 saturated heterocycles. The van der Waals surface area contributed by atoms with E-state index in [-0.39, 0.29) is 0 Å². The zero-order valence-corrected chi connectivity index (χ0v) is 16.3. The molecule has 0 aromatic rings. The fraction of sp³-hybridized carbons (Fsp3) is 1.00. The quantitative estimate of drug-likeness (QED) is 0.685. The van der Waals surface area contributed by atoms with Crippen LogP contribution in [0.5, 0.6) is 0 Å². The van der Waals surface area contributed by atoms with Gasteiger partial charge >= 0.3 is 0 Å². The SMILES string of the molecule is CC1(OCCOC2(C)COC3(CCCCC3)O2)COC2(CCCCC2)O1. The second kappa shape index (κ2) is 7.30. The molecule has 6 heteroatoms. The van der Waals surface area contributed by atoms with Crippen LogP contribution in [0.4, 0.5) is 0 Å². The Kier molecular flexibility index (Phi) is 5.36. The van der Waals surface area contributed by atoms with Crippen molar-refractivity contribution < 1.29 is 28.4 Å². The van der Waals surface area contributed by atoms with Gasteiger partial charge in [0.2, 0.25) is 0 Å². The lowest BCUT2D eigenvalue weighted by Gasteiger charge is -2.34. The first-order chi connectivity index (χ1) is 12.4. The second-order valence-electron chi connectivity index (χ2n) is 8.69. The van der Waals surface area contributed by atoms with Crippen LogP contribution in [0.15, 0.2) is 0 Å². The number of rotatable bonds is 5. The average molecular weight is 370 g/mol. The van der Waals surface area contributed by atoms with Gasteiger partial charge in [0, 0.05) is 25.7 Å². The summed E-state index contributed by atoms with van der Waals surface area (Å²) in [6.45, 7) is 5.78. The molecular formula is C20H34O6. The number of hydrogen-bond donors (Lipinski definition) is 0. The maximum atomic E-state index is 6.21. The second-order valence-corrected chi connectivity index (χ2v) is 8.69. The molecule has 26 heavy (non-hydrogen) atoms. The summed E-state index contributed by atoms with van der Waals surface area (Å²) in [6.07, 6.45) is 11.0. The third-order valence-electron chi connectivity index (χ3n) is 6.13. The van der Waals surface area contributed by atoms with Gasteiger partial charge in [-0.05, 0) is 39.5 Å². The summed E-state index contributed by atoms with van der Waals surface area (Å²) in [5, 5.41) is 0. The van der Waals surface area contributed by atoms with Crippen LogP contribution in [0.1, 0.15) is 78.1 Å². The summed E-state index contributed by atoms with van der Waals surface area (Å²) in [6, 6.07) is 0. The maximum Gasteiger partial charge on any atom is 0.192 e. The minimum atomic E-state index is -0.681. The molecule has 0 aromatic heterocycles. The van der Waals surface area contributed by atoms with Crippen molar-refractivity contribution >= 4 is 0 Å². The Hall–Kier alpha value is -0.240. The molecule has 0 N–H and O–H groups in total. The van der Waals surface area contributed by atoms with Crippen molar-refractivity contribution in [2.45, 2.75) is 101 Å². The standard InChI is InChI=1S/C20H34O6/c1-17(15-23-19(25-17)9-5-3-6-10-19)21-13-14-22-18(2)16-24-20(26-18)11-7-4-8-12-20/h3-16H2,1-2H3. The van der Waals surface area contributed by atoms with E-state index < -0.39 is 23.1 Å². The predicted octanol–water partition coefficient (Wildman–Crippen LogP) is 3.87. The van der Waals surface area contributed by atoms with Crippen molar-refractivity contribution in [2.24, 2.45) is 0 Å². The Morgan fingerprint density at radius 2 is 1.00 bits per heavy atom. The first-order valence-corrected chi connectivity index (χ1v) is 10.4. The summed E-state index contributed by atoms with van der Waals surface area (Å²) in [4.78, 5) is 0. The van der Waals surface area contributed by atoms with E-state index in [1.807, 2.05) is 13.8 Å². The highest BCUT2D eigenvalue weighted by Crippen LogP contribution is 2.43. The Labute approximate surface area is 156 Å². The van der Waals surface area contributed by atoms with E-state index in [4.69, 9.17) is 28.4 Å². The molecule has 4 fully saturated rings. The zero-order chi connectivity index (χ0) is 18.1. The van der Waals surface area contributed by atoms with Crippen LogP contribution >= 0.6 is 0 Å². The van der Waals surface area contributed by atoms with E-state index in [1.54, 1.807) is 0 Å². The van der Waals surface area contributed by atoms with Crippen molar-refractivity contribution in [1.82, 2.24) is 0 Å². The van der Waals surface area contributed by atoms with Gasteiger partial charge in [0.1, 0.15) is 13.2 Å². The number of ether oxygens (including phenoxy) is 6. The predicted molar refractivity (Wildman–Crippen MR) is 94.4 cm³/mol. The highest BCUT2D eigenvalue weighted by molar-refractivity contribution is 4.86. The zero-order valence-electron chi connectivity index (χ0n) is 16.3. The minimum Gasteiger partial charge on any atom is -0.345 e. The Morgan fingerprint density at radius 1 is 0.615 bits per heavy atom. The minimum absolute atomic E-state index is 0.421. The summed E-state index contributed by atoms with van der Waals surface area (Å²) >= 11 is 0. The van der Waals surface area contributed by atoms with E-state index in [0.717, 1.165) is 51.4 Å². The molecule has 2 aliphatic carbocycles. The Balaban J connectivity index is 1.20. The van der Waals surface area contributed by atoms with Crippen LogP contribution in [0.25, 0.3) is 0 Å². The highest BCUT2D eigenvalue weighted by Gasteiger charge is 2.50. The lowest BCUT2D eigenvalue weighted by Crippen LogP contribution is -2.40. The summed E-state index contributed by atoms with van der Waals surface area (Å²) in [5.41, 5.74) is 0. The van der Waals surface area contributed by atoms with Crippen LogP contribution in [-0.4, -0.2) is 49.6 Å². The van der Waals surface area contributed by atoms with Gasteiger partial charge in [-0.1, -0.05) is 12.8 Å². The van der Waals surface area contributed by atoms with E-state index in [2.05, 4.69) is 0 Å². The Bertz CT molecular complexity index is 441. The van der Waals surface area contributed by atoms with Crippen molar-refractivity contribution in [3.05, 3.63) is 0 Å². The molecule has 2 aliphatic heterocycles. The van der Waals surface area contributed by atoms with E-state index in [0.29, 0.717) is 26.4 Å². The largest absolute Gasteiger partial charge is 0.345 e. The van der Waals surface area contributed by atoms with Gasteiger partial charge in [-0.25, -0.2) is 0 Å². The van der Waals surface area contributed by atoms with Crippen LogP contribution in [-0.2, 0) is 28.4 Å². The van der Waals surface area contributed by atoms with Crippen LogP contribution in [0, 0.1) is 0 Å². The lowest BCUT2D eigenvalue weighted by molar-refractivity contribution is -0.287. The van der Waals surface area contributed by atoms with Gasteiger partial charge in [0.25, 0.3) is 0 Å². The van der Waals surface area contributed by atoms with Crippen LogP contribution in [0.3, 0.4) is 0 Å². The molecule has 0 amide bonds. The van der Waals surface area contributed by atoms with Crippen molar-refractivity contribution in [2.75, 3.05) is 26.4 Å². The highest BCUT2D eigenvalue weighted by atomic mass is 16.8. The third-order valence-corrected chi connectivity index (χ3v) is 6.13. The summed E-state index contributed by atoms with van der Waals surface area (Å²) in [7, 11) is 0. The topological polar surface area (TPSA) is 55.4 Å². The lowest BCUT2D eigenvalue weighted by atomic mass is 9.94. The van der Waals surface area contributed by atoms with Crippen LogP contribution < -0.4 is 0 Å². The van der Waals surface area contributed by atoms with Gasteiger partial charge < -0.3 is 28.4 Å². The first kappa shape index (κ1) is 19.1. The first-order valence-electron chi connectivity index (χ1n) is 10.4. The number of hydrogen-bond acceptors (Lipinski definition) is 6. The average Bonchev–Trinajstić information content (AvgIpc) is 3.12. The molecule has 0 aromatic carbocycles. The van der Waals surface area contributed by atoms with Crippen molar-refractivity contribution in [3.63, 3.8) is 0 Å². The molecule has 2 unspecified atom stereocenters. The molecule has 6 nitrogen and oxygen atoms in total. The molecule has 4 aliphatic rings. The van der Waals surface area contributed by atoms with Crippen molar-refractivity contribution in [3.8, 4) is 0 Å². The van der Waals surface area contributed by atoms with E-state index in [1.165, 1.54) is 12.8 Å². The monoisotopic (exact) mass is 370 g/mol. The molecule has 150 valence electrons. The van der Waals surface area contributed by atoms with Gasteiger partial charge in [0.05, 0.1) is 13.2 Å². The molecule has 4 rings (SSSR count). The van der Waals surface area contributed by atoms with E-state index in [9.17, 15) is 0 Å². The van der Waals surface area contributed by atoms with Gasteiger partial charge in [-0.15, -0.1) is 0 Å². The van der Waals surface area contributed by atoms with Gasteiger partial charge in [-0.3, -0.25) is 0 Å². The fourth-order valence-corrected chi connectivity index (χ4v) is 4.76. The Morgan fingerprint density at radius 3 is 1.38 bits per heavy atom. The molecule has 2 spiro atoms. The van der Waals surface area contributed by atoms with Gasteiger partial charge in [0.15, 0.2) is 23.1 Å². The fourth-order valence-electron chi connectivity index (χ4n) is 4.76. The van der Waals surface area contributed by atoms with Crippen LogP contribution in [0.2, 0.25) is 0 Å². The van der Waals surface area contributed by atoms with E-state index >= 15 is 0 Å². The third kappa shape index (κ3) is 4.10. The molecule has 2 heterocycles. The molecule has 0 radical (unpaired) electrons. The summed E-state index contributed by atoms with van der Waals surface area (Å²) in [5.74, 6) is -2.20. The van der Waals surface area contributed by atoms with Gasteiger partial charge in [-0.2, -0.15) is 0 Å². The molecule has 2 atom stereocenters. The molecular weight excluding hydrogens is 336 g/mol. The molecule has 0 bridgehead atoms. The smallest absolute Gasteiger partial charge is 0.192 e. The summed E-state index contributed by atoms with van der Waals surface area (Å²) < 4.78 is 36.4. The normalized spacial score (nSPS) is 39.0. The maximum absolute atomic E-state index is 6.21.